The Hall–Kier alpha value is -0.730. The summed E-state index contributed by atoms with van der Waals surface area (Å²) >= 11 is 0. The molecule has 8 heteroatoms. The molecule has 1 aliphatic heterocycles. The second-order valence-corrected chi connectivity index (χ2v) is 8.64. The monoisotopic (exact) mass is 366 g/mol. The van der Waals surface area contributed by atoms with Crippen molar-refractivity contribution in [3.63, 3.8) is 0 Å². The van der Waals surface area contributed by atoms with E-state index in [1.54, 1.807) is 0 Å². The second-order valence-electron chi connectivity index (χ2n) is 8.64. The molecule has 2 N–H and O–H groups in total. The standard InChI is InChI=1S/C17H19F5O3/c1-14(23)12-8-5-9(11-7-3-2-6(4-7)10(8)11)13(12)25-16(24,15(14,18)19)17(20,21)22/h2-3,6-13,23-24H,4-5H2,1H3. The zero-order chi connectivity index (χ0) is 18.2. The summed E-state index contributed by atoms with van der Waals surface area (Å²) in [5, 5.41) is 20.4. The van der Waals surface area contributed by atoms with Crippen LogP contribution in [0.3, 0.4) is 0 Å². The van der Waals surface area contributed by atoms with Crippen molar-refractivity contribution < 1.29 is 36.9 Å². The van der Waals surface area contributed by atoms with Gasteiger partial charge in [0.15, 0.2) is 0 Å². The summed E-state index contributed by atoms with van der Waals surface area (Å²) in [6.07, 6.45) is -1.41. The maximum Gasteiger partial charge on any atom is 0.449 e. The van der Waals surface area contributed by atoms with E-state index in [-0.39, 0.29) is 35.5 Å². The summed E-state index contributed by atoms with van der Waals surface area (Å²) in [6.45, 7) is 0.725. The molecule has 3 nitrogen and oxygen atoms in total. The van der Waals surface area contributed by atoms with Crippen molar-refractivity contribution in [3.05, 3.63) is 12.2 Å². The lowest BCUT2D eigenvalue weighted by Gasteiger charge is -2.57. The first-order valence-electron chi connectivity index (χ1n) is 8.67. The Bertz CT molecular complexity index is 659. The van der Waals surface area contributed by atoms with E-state index in [4.69, 9.17) is 4.74 Å². The Morgan fingerprint density at radius 1 is 1.00 bits per heavy atom. The average Bonchev–Trinajstić information content (AvgIpc) is 3.21. The number of allylic oxidation sites excluding steroid dienone is 2. The van der Waals surface area contributed by atoms with Gasteiger partial charge in [0, 0.05) is 5.92 Å². The lowest BCUT2D eigenvalue weighted by molar-refractivity contribution is -0.495. The number of alkyl halides is 5. The highest BCUT2D eigenvalue weighted by atomic mass is 19.4. The van der Waals surface area contributed by atoms with Gasteiger partial charge in [-0.2, -0.15) is 22.0 Å². The first kappa shape index (κ1) is 16.4. The zero-order valence-corrected chi connectivity index (χ0v) is 13.4. The lowest BCUT2D eigenvalue weighted by atomic mass is 9.60. The first-order chi connectivity index (χ1) is 11.4. The quantitative estimate of drug-likeness (QED) is 0.394. The van der Waals surface area contributed by atoms with Gasteiger partial charge in [-0.25, -0.2) is 0 Å². The Morgan fingerprint density at radius 3 is 2.12 bits per heavy atom. The van der Waals surface area contributed by atoms with Crippen LogP contribution in [0.15, 0.2) is 12.2 Å². The minimum atomic E-state index is -5.71. The fraction of sp³-hybridized carbons (Fsp3) is 0.882. The van der Waals surface area contributed by atoms with Crippen molar-refractivity contribution in [2.24, 2.45) is 41.4 Å². The molecule has 0 radical (unpaired) electrons. The number of halogens is 5. The average molecular weight is 366 g/mol. The number of hydrogen-bond acceptors (Lipinski definition) is 3. The lowest BCUT2D eigenvalue weighted by Crippen LogP contribution is -2.77. The van der Waals surface area contributed by atoms with E-state index < -0.39 is 35.5 Å². The van der Waals surface area contributed by atoms with Crippen molar-refractivity contribution in [1.29, 1.82) is 0 Å². The predicted octanol–water partition coefficient (Wildman–Crippen LogP) is 2.73. The molecule has 5 aliphatic rings. The molecule has 3 saturated carbocycles. The zero-order valence-electron chi connectivity index (χ0n) is 13.4. The van der Waals surface area contributed by atoms with Gasteiger partial charge < -0.3 is 14.9 Å². The van der Waals surface area contributed by atoms with Crippen LogP contribution in [0.1, 0.15) is 19.8 Å². The third-order valence-electron chi connectivity index (χ3n) is 7.75. The minimum absolute atomic E-state index is 0.0984. The van der Waals surface area contributed by atoms with Crippen LogP contribution in [0.25, 0.3) is 0 Å². The van der Waals surface area contributed by atoms with E-state index in [1.165, 1.54) is 0 Å². The highest BCUT2D eigenvalue weighted by Gasteiger charge is 2.85. The number of hydrogen-bond donors (Lipinski definition) is 2. The predicted molar refractivity (Wildman–Crippen MR) is 74.3 cm³/mol. The molecule has 140 valence electrons. The molecule has 10 unspecified atom stereocenters. The molecule has 0 aromatic rings. The van der Waals surface area contributed by atoms with E-state index >= 15 is 0 Å². The van der Waals surface area contributed by atoms with Crippen molar-refractivity contribution in [2.75, 3.05) is 0 Å². The SMILES string of the molecule is CC1(O)C2C3CC(C2OC(O)(C(F)(F)F)C1(F)F)C1C2C=CC(C2)C31. The topological polar surface area (TPSA) is 49.7 Å². The molecule has 5 rings (SSSR count). The van der Waals surface area contributed by atoms with Crippen LogP contribution < -0.4 is 0 Å². The summed E-state index contributed by atoms with van der Waals surface area (Å²) in [4.78, 5) is 0. The summed E-state index contributed by atoms with van der Waals surface area (Å²) in [6, 6.07) is 0. The highest BCUT2D eigenvalue weighted by Crippen LogP contribution is 2.72. The molecule has 4 fully saturated rings. The first-order valence-corrected chi connectivity index (χ1v) is 8.67. The second kappa shape index (κ2) is 4.22. The Kier molecular flexibility index (Phi) is 2.78. The van der Waals surface area contributed by atoms with Gasteiger partial charge in [0.05, 0.1) is 6.10 Å². The van der Waals surface area contributed by atoms with Crippen molar-refractivity contribution in [1.82, 2.24) is 0 Å². The molecular formula is C17H19F5O3. The van der Waals surface area contributed by atoms with Crippen molar-refractivity contribution in [2.45, 2.75) is 49.4 Å². The van der Waals surface area contributed by atoms with Gasteiger partial charge >= 0.3 is 17.9 Å². The summed E-state index contributed by atoms with van der Waals surface area (Å²) in [5.41, 5.74) is -2.99. The molecule has 0 spiro atoms. The van der Waals surface area contributed by atoms with Crippen molar-refractivity contribution in [3.8, 4) is 0 Å². The van der Waals surface area contributed by atoms with Gasteiger partial charge in [-0.15, -0.1) is 0 Å². The highest BCUT2D eigenvalue weighted by molar-refractivity contribution is 5.27. The Balaban J connectivity index is 1.61. The third kappa shape index (κ3) is 1.56. The van der Waals surface area contributed by atoms with Gasteiger partial charge in [0.1, 0.15) is 5.60 Å². The van der Waals surface area contributed by atoms with Crippen molar-refractivity contribution >= 4 is 0 Å². The number of rotatable bonds is 0. The fourth-order valence-corrected chi connectivity index (χ4v) is 6.95. The van der Waals surface area contributed by atoms with E-state index in [0.29, 0.717) is 6.42 Å². The van der Waals surface area contributed by atoms with Crippen LogP contribution in [-0.2, 0) is 4.74 Å². The third-order valence-corrected chi connectivity index (χ3v) is 7.75. The smallest absolute Gasteiger partial charge is 0.383 e. The molecular weight excluding hydrogens is 347 g/mol. The molecule has 4 aliphatic carbocycles. The van der Waals surface area contributed by atoms with Crippen LogP contribution in [-0.4, -0.2) is 39.8 Å². The van der Waals surface area contributed by atoms with Crippen LogP contribution in [0.2, 0.25) is 0 Å². The van der Waals surface area contributed by atoms with Crippen LogP contribution in [0.5, 0.6) is 0 Å². The van der Waals surface area contributed by atoms with Gasteiger partial charge in [0.25, 0.3) is 0 Å². The molecule has 0 amide bonds. The molecule has 0 aromatic carbocycles. The van der Waals surface area contributed by atoms with E-state index in [0.717, 1.165) is 13.3 Å². The largest absolute Gasteiger partial charge is 0.449 e. The van der Waals surface area contributed by atoms with Crippen LogP contribution in [0.4, 0.5) is 22.0 Å². The fourth-order valence-electron chi connectivity index (χ4n) is 6.95. The van der Waals surface area contributed by atoms with Crippen LogP contribution >= 0.6 is 0 Å². The van der Waals surface area contributed by atoms with Gasteiger partial charge in [-0.1, -0.05) is 12.2 Å². The Morgan fingerprint density at radius 2 is 1.56 bits per heavy atom. The maximum absolute atomic E-state index is 14.7. The number of fused-ring (bicyclic) bond motifs is 12. The van der Waals surface area contributed by atoms with Gasteiger partial charge in [0.2, 0.25) is 0 Å². The Labute approximate surface area is 140 Å². The molecule has 1 heterocycles. The molecule has 10 atom stereocenters. The number of aliphatic hydroxyl groups is 2. The molecule has 4 bridgehead atoms. The summed E-state index contributed by atoms with van der Waals surface area (Å²) < 4.78 is 74.0. The summed E-state index contributed by atoms with van der Waals surface area (Å²) in [5.74, 6) is -10.6. The van der Waals surface area contributed by atoms with E-state index in [9.17, 15) is 32.2 Å². The molecule has 25 heavy (non-hydrogen) atoms. The normalized spacial score (nSPS) is 60.8. The molecule has 1 saturated heterocycles. The minimum Gasteiger partial charge on any atom is -0.383 e. The van der Waals surface area contributed by atoms with E-state index in [1.807, 2.05) is 0 Å². The molecule has 0 aromatic heterocycles. The summed E-state index contributed by atoms with van der Waals surface area (Å²) in [7, 11) is 0. The van der Waals surface area contributed by atoms with Gasteiger partial charge in [-0.3, -0.25) is 0 Å². The number of ether oxygens (including phenoxy) is 1. The van der Waals surface area contributed by atoms with Gasteiger partial charge in [-0.05, 0) is 55.3 Å². The van der Waals surface area contributed by atoms with E-state index in [2.05, 4.69) is 12.2 Å². The van der Waals surface area contributed by atoms with Crippen LogP contribution in [0, 0.1) is 41.4 Å². The maximum atomic E-state index is 14.7.